The third kappa shape index (κ3) is 2.25. The summed E-state index contributed by atoms with van der Waals surface area (Å²) < 4.78 is 0. The number of aromatic nitrogens is 1. The zero-order valence-corrected chi connectivity index (χ0v) is 14.3. The maximum atomic E-state index is 5.13. The third-order valence-corrected chi connectivity index (χ3v) is 5.34. The van der Waals surface area contributed by atoms with E-state index in [2.05, 4.69) is 72.9 Å². The molecule has 0 saturated carbocycles. The number of nitrogens with zero attached hydrogens (tertiary/aromatic N) is 1. The Kier molecular flexibility index (Phi) is 3.32. The Hall–Kier alpha value is -2.71. The lowest BCUT2D eigenvalue weighted by Gasteiger charge is -2.23. The third-order valence-electron chi connectivity index (χ3n) is 5.34. The van der Waals surface area contributed by atoms with E-state index in [1.807, 2.05) is 0 Å². The Morgan fingerprint density at radius 3 is 2.64 bits per heavy atom. The largest absolute Gasteiger partial charge is 0.312 e. The van der Waals surface area contributed by atoms with Gasteiger partial charge in [-0.3, -0.25) is 0 Å². The van der Waals surface area contributed by atoms with Crippen molar-refractivity contribution in [2.75, 3.05) is 6.54 Å². The fraction of sp³-hybridized carbons (Fsp3) is 0.174. The molecule has 4 aromatic rings. The van der Waals surface area contributed by atoms with Gasteiger partial charge in [0.05, 0.1) is 11.2 Å². The van der Waals surface area contributed by atoms with Gasteiger partial charge in [-0.25, -0.2) is 4.98 Å². The molecule has 122 valence electrons. The van der Waals surface area contributed by atoms with Gasteiger partial charge in [-0.05, 0) is 53.4 Å². The maximum absolute atomic E-state index is 5.13. The second-order valence-corrected chi connectivity index (χ2v) is 6.84. The molecule has 5 rings (SSSR count). The molecular weight excluding hydrogens is 304 g/mol. The van der Waals surface area contributed by atoms with Crippen molar-refractivity contribution in [1.82, 2.24) is 10.3 Å². The van der Waals surface area contributed by atoms with Gasteiger partial charge in [0.25, 0.3) is 0 Å². The van der Waals surface area contributed by atoms with Crippen molar-refractivity contribution >= 4 is 21.7 Å². The molecule has 3 aromatic carbocycles. The summed E-state index contributed by atoms with van der Waals surface area (Å²) in [5.74, 6) is 0. The van der Waals surface area contributed by atoms with Crippen molar-refractivity contribution in [1.29, 1.82) is 0 Å². The van der Waals surface area contributed by atoms with Gasteiger partial charge in [0.1, 0.15) is 0 Å². The first-order chi connectivity index (χ1) is 12.3. The average Bonchev–Trinajstić information content (AvgIpc) is 2.67. The Morgan fingerprint density at radius 1 is 0.880 bits per heavy atom. The van der Waals surface area contributed by atoms with Crippen LogP contribution in [0.5, 0.6) is 0 Å². The lowest BCUT2D eigenvalue weighted by molar-refractivity contribution is 0.646. The van der Waals surface area contributed by atoms with E-state index in [0.29, 0.717) is 0 Å². The van der Waals surface area contributed by atoms with Crippen molar-refractivity contribution in [2.45, 2.75) is 19.9 Å². The van der Waals surface area contributed by atoms with Crippen LogP contribution in [0.4, 0.5) is 0 Å². The van der Waals surface area contributed by atoms with Crippen molar-refractivity contribution in [3.8, 4) is 11.3 Å². The van der Waals surface area contributed by atoms with Crippen LogP contribution in [0.15, 0.2) is 60.7 Å². The SMILES string of the molecule is Cc1ccccc1-c1nc2ccc3ccccc3c2c2c1CNCC2. The summed E-state index contributed by atoms with van der Waals surface area (Å²) in [6, 6.07) is 21.6. The lowest BCUT2D eigenvalue weighted by Crippen LogP contribution is -2.25. The summed E-state index contributed by atoms with van der Waals surface area (Å²) in [7, 11) is 0. The van der Waals surface area contributed by atoms with E-state index in [-0.39, 0.29) is 0 Å². The maximum Gasteiger partial charge on any atom is 0.0760 e. The van der Waals surface area contributed by atoms with Crippen LogP contribution in [0.2, 0.25) is 0 Å². The van der Waals surface area contributed by atoms with E-state index in [0.717, 1.165) is 30.7 Å². The summed E-state index contributed by atoms with van der Waals surface area (Å²) in [6.45, 7) is 4.10. The smallest absolute Gasteiger partial charge is 0.0760 e. The van der Waals surface area contributed by atoms with Crippen LogP contribution >= 0.6 is 0 Å². The highest BCUT2D eigenvalue weighted by Crippen LogP contribution is 2.36. The molecule has 1 aromatic heterocycles. The standard InChI is InChI=1S/C23H20N2/c1-15-6-2-4-8-17(15)23-20-14-24-13-12-19(20)22-18-9-5-3-7-16(18)10-11-21(22)25-23/h2-11,24H,12-14H2,1H3. The predicted molar refractivity (Wildman–Crippen MR) is 105 cm³/mol. The van der Waals surface area contributed by atoms with E-state index in [1.165, 1.54) is 38.4 Å². The lowest BCUT2D eigenvalue weighted by atomic mass is 9.89. The molecule has 0 atom stereocenters. The van der Waals surface area contributed by atoms with Crippen LogP contribution in [0, 0.1) is 6.92 Å². The van der Waals surface area contributed by atoms with E-state index in [4.69, 9.17) is 4.98 Å². The van der Waals surface area contributed by atoms with Crippen LogP contribution in [0.3, 0.4) is 0 Å². The number of nitrogens with one attached hydrogen (secondary N) is 1. The molecule has 2 nitrogen and oxygen atoms in total. The molecule has 2 heteroatoms. The first kappa shape index (κ1) is 14.6. The second kappa shape index (κ2) is 5.68. The first-order valence-corrected chi connectivity index (χ1v) is 8.93. The zero-order chi connectivity index (χ0) is 16.8. The minimum absolute atomic E-state index is 0.894. The van der Waals surface area contributed by atoms with E-state index in [1.54, 1.807) is 0 Å². The summed E-state index contributed by atoms with van der Waals surface area (Å²) in [5.41, 5.74) is 7.62. The highest BCUT2D eigenvalue weighted by atomic mass is 14.9. The molecule has 0 amide bonds. The molecule has 0 unspecified atom stereocenters. The number of rotatable bonds is 1. The Bertz CT molecular complexity index is 1110. The highest BCUT2D eigenvalue weighted by Gasteiger charge is 2.20. The minimum atomic E-state index is 0.894. The number of hydrogen-bond acceptors (Lipinski definition) is 2. The van der Waals surface area contributed by atoms with Gasteiger partial charge < -0.3 is 5.32 Å². The number of benzene rings is 3. The normalized spacial score (nSPS) is 14.0. The second-order valence-electron chi connectivity index (χ2n) is 6.84. The molecule has 1 N–H and O–H groups in total. The quantitative estimate of drug-likeness (QED) is 0.498. The minimum Gasteiger partial charge on any atom is -0.312 e. The van der Waals surface area contributed by atoms with Gasteiger partial charge in [0.15, 0.2) is 0 Å². The molecule has 0 spiro atoms. The number of pyridine rings is 1. The van der Waals surface area contributed by atoms with Crippen LogP contribution < -0.4 is 5.32 Å². The number of fused-ring (bicyclic) bond motifs is 5. The first-order valence-electron chi connectivity index (χ1n) is 8.93. The van der Waals surface area contributed by atoms with Gasteiger partial charge in [-0.15, -0.1) is 0 Å². The fourth-order valence-electron chi connectivity index (χ4n) is 4.11. The van der Waals surface area contributed by atoms with Gasteiger partial charge in [0.2, 0.25) is 0 Å². The van der Waals surface area contributed by atoms with Crippen molar-refractivity contribution in [3.63, 3.8) is 0 Å². The Labute approximate surface area is 147 Å². The van der Waals surface area contributed by atoms with Crippen LogP contribution in [-0.2, 0) is 13.0 Å². The molecule has 25 heavy (non-hydrogen) atoms. The molecule has 1 aliphatic heterocycles. The van der Waals surface area contributed by atoms with Gasteiger partial charge in [0, 0.05) is 17.5 Å². The predicted octanol–water partition coefficient (Wildman–Crippen LogP) is 5.01. The molecule has 1 aliphatic rings. The van der Waals surface area contributed by atoms with Crippen molar-refractivity contribution in [2.24, 2.45) is 0 Å². The summed E-state index contributed by atoms with van der Waals surface area (Å²) >= 11 is 0. The van der Waals surface area contributed by atoms with Gasteiger partial charge >= 0.3 is 0 Å². The van der Waals surface area contributed by atoms with Gasteiger partial charge in [-0.1, -0.05) is 54.6 Å². The van der Waals surface area contributed by atoms with Crippen LogP contribution in [0.1, 0.15) is 16.7 Å². The van der Waals surface area contributed by atoms with Gasteiger partial charge in [-0.2, -0.15) is 0 Å². The molecule has 0 saturated heterocycles. The topological polar surface area (TPSA) is 24.9 Å². The molecule has 0 radical (unpaired) electrons. The van der Waals surface area contributed by atoms with Crippen molar-refractivity contribution in [3.05, 3.63) is 77.4 Å². The molecule has 0 fully saturated rings. The molecular formula is C23H20N2. The molecule has 0 aliphatic carbocycles. The van der Waals surface area contributed by atoms with E-state index in [9.17, 15) is 0 Å². The van der Waals surface area contributed by atoms with Crippen LogP contribution in [-0.4, -0.2) is 11.5 Å². The van der Waals surface area contributed by atoms with Crippen LogP contribution in [0.25, 0.3) is 32.9 Å². The zero-order valence-electron chi connectivity index (χ0n) is 14.3. The molecule has 2 heterocycles. The highest BCUT2D eigenvalue weighted by molar-refractivity contribution is 6.09. The summed E-state index contributed by atoms with van der Waals surface area (Å²) in [6.07, 6.45) is 1.06. The fourth-order valence-corrected chi connectivity index (χ4v) is 4.11. The number of aryl methyl sites for hydroxylation is 1. The Morgan fingerprint density at radius 2 is 1.72 bits per heavy atom. The Balaban J connectivity index is 1.93. The summed E-state index contributed by atoms with van der Waals surface area (Å²) in [5, 5.41) is 7.50. The molecule has 0 bridgehead atoms. The average molecular weight is 324 g/mol. The van der Waals surface area contributed by atoms with E-state index < -0.39 is 0 Å². The monoisotopic (exact) mass is 324 g/mol. The summed E-state index contributed by atoms with van der Waals surface area (Å²) in [4.78, 5) is 5.13. The van der Waals surface area contributed by atoms with Crippen molar-refractivity contribution < 1.29 is 0 Å². The van der Waals surface area contributed by atoms with E-state index >= 15 is 0 Å². The number of hydrogen-bond donors (Lipinski definition) is 1.